The first-order chi connectivity index (χ1) is 10.6. The molecule has 2 aromatic carbocycles. The summed E-state index contributed by atoms with van der Waals surface area (Å²) in [4.78, 5) is 22.4. The second-order valence-corrected chi connectivity index (χ2v) is 4.39. The van der Waals surface area contributed by atoms with Crippen molar-refractivity contribution in [1.29, 1.82) is 0 Å². The number of anilines is 3. The highest BCUT2D eigenvalue weighted by molar-refractivity contribution is 5.89. The van der Waals surface area contributed by atoms with Crippen LogP contribution >= 0.6 is 0 Å². The van der Waals surface area contributed by atoms with Gasteiger partial charge in [-0.15, -0.1) is 0 Å². The van der Waals surface area contributed by atoms with Crippen molar-refractivity contribution in [2.75, 3.05) is 24.9 Å². The molecule has 6 heteroatoms. The lowest BCUT2D eigenvalue weighted by molar-refractivity contribution is 0.0600. The van der Waals surface area contributed by atoms with Crippen LogP contribution in [0.15, 0.2) is 48.5 Å². The van der Waals surface area contributed by atoms with Crippen LogP contribution in [0.3, 0.4) is 0 Å². The fraction of sp³-hybridized carbons (Fsp3) is 0.125. The molecule has 6 nitrogen and oxygen atoms in total. The molecule has 0 bridgehead atoms. The van der Waals surface area contributed by atoms with Crippen LogP contribution in [0.2, 0.25) is 0 Å². The third-order valence-electron chi connectivity index (χ3n) is 2.91. The van der Waals surface area contributed by atoms with E-state index in [1.807, 2.05) is 12.1 Å². The predicted molar refractivity (Wildman–Crippen MR) is 83.5 cm³/mol. The summed E-state index contributed by atoms with van der Waals surface area (Å²) in [7, 11) is 2.65. The lowest BCUT2D eigenvalue weighted by Gasteiger charge is -2.08. The van der Waals surface area contributed by atoms with Gasteiger partial charge in [0.1, 0.15) is 0 Å². The van der Waals surface area contributed by atoms with Crippen LogP contribution in [0.25, 0.3) is 0 Å². The molecule has 114 valence electrons. The van der Waals surface area contributed by atoms with Gasteiger partial charge in [0.05, 0.1) is 19.8 Å². The van der Waals surface area contributed by atoms with Gasteiger partial charge in [-0.1, -0.05) is 0 Å². The van der Waals surface area contributed by atoms with Crippen LogP contribution in [0.4, 0.5) is 21.9 Å². The van der Waals surface area contributed by atoms with E-state index < -0.39 is 6.09 Å². The van der Waals surface area contributed by atoms with E-state index in [0.717, 1.165) is 11.4 Å². The summed E-state index contributed by atoms with van der Waals surface area (Å²) < 4.78 is 9.16. The van der Waals surface area contributed by atoms with Gasteiger partial charge in [0.2, 0.25) is 0 Å². The minimum absolute atomic E-state index is 0.371. The number of methoxy groups -OCH3 is 2. The first-order valence-electron chi connectivity index (χ1n) is 6.53. The summed E-state index contributed by atoms with van der Waals surface area (Å²) in [5, 5.41) is 5.76. The quantitative estimate of drug-likeness (QED) is 0.846. The molecular weight excluding hydrogens is 284 g/mol. The van der Waals surface area contributed by atoms with Crippen molar-refractivity contribution in [2.45, 2.75) is 0 Å². The molecular formula is C16H16N2O4. The lowest BCUT2D eigenvalue weighted by Crippen LogP contribution is -2.10. The molecule has 0 spiro atoms. The molecule has 2 aromatic rings. The minimum Gasteiger partial charge on any atom is -0.465 e. The van der Waals surface area contributed by atoms with Crippen molar-refractivity contribution in [3.8, 4) is 0 Å². The maximum Gasteiger partial charge on any atom is 0.411 e. The first-order valence-corrected chi connectivity index (χ1v) is 6.53. The van der Waals surface area contributed by atoms with Gasteiger partial charge in [-0.25, -0.2) is 9.59 Å². The van der Waals surface area contributed by atoms with E-state index in [9.17, 15) is 9.59 Å². The summed E-state index contributed by atoms with van der Waals surface area (Å²) in [6.07, 6.45) is -0.515. The molecule has 0 aromatic heterocycles. The van der Waals surface area contributed by atoms with E-state index in [1.54, 1.807) is 36.4 Å². The minimum atomic E-state index is -0.515. The number of carbonyl (C=O) groups excluding carboxylic acids is 2. The highest BCUT2D eigenvalue weighted by Crippen LogP contribution is 2.19. The van der Waals surface area contributed by atoms with Crippen molar-refractivity contribution in [3.63, 3.8) is 0 Å². The number of ether oxygens (including phenoxy) is 2. The van der Waals surface area contributed by atoms with E-state index in [2.05, 4.69) is 20.1 Å². The van der Waals surface area contributed by atoms with Gasteiger partial charge in [-0.2, -0.15) is 0 Å². The van der Waals surface area contributed by atoms with E-state index in [4.69, 9.17) is 0 Å². The van der Waals surface area contributed by atoms with Crippen LogP contribution in [0.5, 0.6) is 0 Å². The predicted octanol–water partition coefficient (Wildman–Crippen LogP) is 3.40. The van der Waals surface area contributed by atoms with Gasteiger partial charge in [0.25, 0.3) is 0 Å². The number of hydrogen-bond acceptors (Lipinski definition) is 5. The summed E-state index contributed by atoms with van der Waals surface area (Å²) in [6.45, 7) is 0. The maximum absolute atomic E-state index is 11.3. The molecule has 2 N–H and O–H groups in total. The molecule has 0 atom stereocenters. The Hall–Kier alpha value is -3.02. The van der Waals surface area contributed by atoms with Crippen molar-refractivity contribution in [3.05, 3.63) is 54.1 Å². The van der Waals surface area contributed by atoms with Gasteiger partial charge < -0.3 is 14.8 Å². The van der Waals surface area contributed by atoms with Crippen LogP contribution in [0.1, 0.15) is 10.4 Å². The molecule has 2 rings (SSSR count). The number of esters is 1. The van der Waals surface area contributed by atoms with Gasteiger partial charge in [-0.3, -0.25) is 5.32 Å². The van der Waals surface area contributed by atoms with Crippen molar-refractivity contribution in [2.24, 2.45) is 0 Å². The van der Waals surface area contributed by atoms with E-state index in [-0.39, 0.29) is 5.97 Å². The average Bonchev–Trinajstić information content (AvgIpc) is 2.56. The Morgan fingerprint density at radius 2 is 1.27 bits per heavy atom. The van der Waals surface area contributed by atoms with E-state index >= 15 is 0 Å². The Balaban J connectivity index is 2.01. The highest BCUT2D eigenvalue weighted by atomic mass is 16.5. The van der Waals surface area contributed by atoms with Crippen molar-refractivity contribution >= 4 is 29.1 Å². The number of amides is 1. The lowest BCUT2D eigenvalue weighted by atomic mass is 10.2. The molecule has 22 heavy (non-hydrogen) atoms. The van der Waals surface area contributed by atoms with Crippen molar-refractivity contribution < 1.29 is 19.1 Å². The molecule has 0 fully saturated rings. The normalized spacial score (nSPS) is 9.73. The molecule has 0 radical (unpaired) electrons. The van der Waals surface area contributed by atoms with E-state index in [0.29, 0.717) is 11.3 Å². The fourth-order valence-corrected chi connectivity index (χ4v) is 1.78. The zero-order valence-electron chi connectivity index (χ0n) is 12.3. The second-order valence-electron chi connectivity index (χ2n) is 4.39. The summed E-state index contributed by atoms with van der Waals surface area (Å²) in [5.41, 5.74) is 2.81. The van der Waals surface area contributed by atoms with Gasteiger partial charge >= 0.3 is 12.1 Å². The van der Waals surface area contributed by atoms with Crippen LogP contribution in [-0.2, 0) is 9.47 Å². The highest BCUT2D eigenvalue weighted by Gasteiger charge is 2.04. The Labute approximate surface area is 128 Å². The molecule has 0 heterocycles. The summed E-state index contributed by atoms with van der Waals surface area (Å²) in [6, 6.07) is 14.1. The third kappa shape index (κ3) is 3.99. The third-order valence-corrected chi connectivity index (χ3v) is 2.91. The monoisotopic (exact) mass is 300 g/mol. The van der Waals surface area contributed by atoms with Gasteiger partial charge in [0, 0.05) is 17.1 Å². The Kier molecular flexibility index (Phi) is 4.98. The largest absolute Gasteiger partial charge is 0.465 e. The fourth-order valence-electron chi connectivity index (χ4n) is 1.78. The summed E-state index contributed by atoms with van der Waals surface area (Å²) in [5.74, 6) is -0.371. The van der Waals surface area contributed by atoms with E-state index in [1.165, 1.54) is 14.2 Å². The van der Waals surface area contributed by atoms with Crippen LogP contribution < -0.4 is 10.6 Å². The number of rotatable bonds is 4. The zero-order chi connectivity index (χ0) is 15.9. The second kappa shape index (κ2) is 7.12. The molecule has 0 unspecified atom stereocenters. The zero-order valence-corrected chi connectivity index (χ0v) is 12.3. The Morgan fingerprint density at radius 1 is 0.773 bits per heavy atom. The number of nitrogens with one attached hydrogen (secondary N) is 2. The SMILES string of the molecule is COC(=O)Nc1ccc(Nc2ccc(C(=O)OC)cc2)cc1. The summed E-state index contributed by atoms with van der Waals surface area (Å²) >= 11 is 0. The standard InChI is InChI=1S/C16H16N2O4/c1-21-15(19)11-3-5-12(6-4-11)17-13-7-9-14(10-8-13)18-16(20)22-2/h3-10,17H,1-2H3,(H,18,20). The number of hydrogen-bond donors (Lipinski definition) is 2. The molecule has 1 amide bonds. The first kappa shape index (κ1) is 15.4. The maximum atomic E-state index is 11.3. The number of carbonyl (C=O) groups is 2. The molecule has 0 aliphatic carbocycles. The van der Waals surface area contributed by atoms with Crippen molar-refractivity contribution in [1.82, 2.24) is 0 Å². The topological polar surface area (TPSA) is 76.7 Å². The van der Waals surface area contributed by atoms with Crippen LogP contribution in [-0.4, -0.2) is 26.3 Å². The molecule has 0 aliphatic rings. The Morgan fingerprint density at radius 3 is 1.77 bits per heavy atom. The van der Waals surface area contributed by atoms with Gasteiger partial charge in [-0.05, 0) is 48.5 Å². The molecule has 0 saturated heterocycles. The molecule has 0 saturated carbocycles. The van der Waals surface area contributed by atoms with Crippen LogP contribution in [0, 0.1) is 0 Å². The molecule has 0 aliphatic heterocycles. The number of benzene rings is 2. The smallest absolute Gasteiger partial charge is 0.411 e. The Bertz CT molecular complexity index is 651. The van der Waals surface area contributed by atoms with Gasteiger partial charge in [0.15, 0.2) is 0 Å². The average molecular weight is 300 g/mol.